The molecule has 0 bridgehead atoms. The summed E-state index contributed by atoms with van der Waals surface area (Å²) in [6.07, 6.45) is 67.7. The standard InChI is InChI=1S/C56H72FN5O5/c1-4-7-9-11-13-15-17-19-21-23-25-27-29-31-33-35-37-39-41-43-50(63)65-46-56(6-3)48(45-49(67-56)62-47-59-52-53(58)60-55(57)61-54(52)62)66-51(64)44-42-40-38-36-34-32-30-28-26-24-22-20-18-16-14-12-10-8-5-2/h3,7-10,13-16,19-22,25-28,31-34,37-40,47-49H,4-5,11-12,17-18,23-24,29-30,35-36,41-46H2,1-2H3,(H2,58,60,61)/b9-7-,10-8-,15-13-,16-14-,21-19-,22-20-,27-25-,28-26-,33-31-,34-32-,39-37-,40-38-/t48-,49+,56+/m0/s1. The number of nitrogens with zero attached hydrogens (tertiary/aromatic N) is 4. The van der Waals surface area contributed by atoms with Crippen LogP contribution in [0.4, 0.5) is 10.2 Å². The lowest BCUT2D eigenvalue weighted by atomic mass is 9.98. The van der Waals surface area contributed by atoms with Gasteiger partial charge in [0.1, 0.15) is 18.9 Å². The SMILES string of the molecule is C#C[C@]1(COC(=O)CC/C=C\C/C=C\C/C=C\C/C=C\C/C=C\C/C=C\CC)O[C@@H](n2cnc3c(N)nc(F)nc32)C[C@@H]1OC(=O)CC/C=C\C/C=C\C/C=C\C/C=C\C/C=C\C/C=C\CC. The van der Waals surface area contributed by atoms with E-state index in [0.717, 1.165) is 77.0 Å². The third-order valence-electron chi connectivity index (χ3n) is 10.2. The highest BCUT2D eigenvalue weighted by atomic mass is 19.1. The van der Waals surface area contributed by atoms with Crippen molar-refractivity contribution in [2.75, 3.05) is 12.3 Å². The van der Waals surface area contributed by atoms with E-state index in [9.17, 15) is 14.0 Å². The number of anilines is 1. The predicted molar refractivity (Wildman–Crippen MR) is 272 cm³/mol. The number of carbonyl (C=O) groups is 2. The summed E-state index contributed by atoms with van der Waals surface area (Å²) >= 11 is 0. The van der Waals surface area contributed by atoms with E-state index >= 15 is 0 Å². The van der Waals surface area contributed by atoms with E-state index in [1.165, 1.54) is 10.9 Å². The second-order valence-electron chi connectivity index (χ2n) is 15.6. The molecule has 11 heteroatoms. The number of nitrogens with two attached hydrogens (primary N) is 1. The van der Waals surface area contributed by atoms with E-state index in [4.69, 9.17) is 26.4 Å². The molecule has 0 aliphatic carbocycles. The minimum Gasteiger partial charge on any atom is -0.461 e. The van der Waals surface area contributed by atoms with Crippen LogP contribution < -0.4 is 5.73 Å². The molecule has 2 aromatic rings. The van der Waals surface area contributed by atoms with Crippen LogP contribution in [0.5, 0.6) is 0 Å². The number of fused-ring (bicyclic) bond motifs is 1. The van der Waals surface area contributed by atoms with Crippen LogP contribution in [-0.2, 0) is 23.8 Å². The van der Waals surface area contributed by atoms with Crippen LogP contribution in [0.25, 0.3) is 11.2 Å². The summed E-state index contributed by atoms with van der Waals surface area (Å²) in [5.74, 6) is 1.48. The van der Waals surface area contributed by atoms with Gasteiger partial charge >= 0.3 is 18.0 Å². The molecule has 0 radical (unpaired) electrons. The van der Waals surface area contributed by atoms with Crippen LogP contribution in [0.3, 0.4) is 0 Å². The fourth-order valence-corrected chi connectivity index (χ4v) is 6.63. The molecule has 0 saturated carbocycles. The van der Waals surface area contributed by atoms with E-state index in [2.05, 4.69) is 156 Å². The van der Waals surface area contributed by atoms with Crippen molar-refractivity contribution < 1.29 is 28.2 Å². The van der Waals surface area contributed by atoms with Gasteiger partial charge < -0.3 is 19.9 Å². The lowest BCUT2D eigenvalue weighted by molar-refractivity contribution is -0.166. The summed E-state index contributed by atoms with van der Waals surface area (Å²) in [5.41, 5.74) is 4.52. The molecule has 3 atom stereocenters. The lowest BCUT2D eigenvalue weighted by Gasteiger charge is -2.28. The first kappa shape index (κ1) is 55.0. The Bertz CT molecular complexity index is 2180. The van der Waals surface area contributed by atoms with Gasteiger partial charge in [0, 0.05) is 19.3 Å². The number of hydrogen-bond acceptors (Lipinski definition) is 9. The number of halogens is 1. The third-order valence-corrected chi connectivity index (χ3v) is 10.2. The molecule has 67 heavy (non-hydrogen) atoms. The molecule has 1 aliphatic rings. The van der Waals surface area contributed by atoms with Crippen LogP contribution in [0.15, 0.2) is 152 Å². The average Bonchev–Trinajstić information content (AvgIpc) is 3.91. The molecular weight excluding hydrogens is 842 g/mol. The Morgan fingerprint density at radius 1 is 0.687 bits per heavy atom. The Kier molecular flexibility index (Phi) is 28.6. The van der Waals surface area contributed by atoms with Crippen molar-refractivity contribution in [2.45, 2.75) is 141 Å². The number of allylic oxidation sites excluding steroid dienone is 24. The van der Waals surface area contributed by atoms with Gasteiger partial charge in [-0.15, -0.1) is 6.42 Å². The maximum absolute atomic E-state index is 14.2. The summed E-state index contributed by atoms with van der Waals surface area (Å²) in [7, 11) is 0. The number of rotatable bonds is 32. The Labute approximate surface area is 399 Å². The van der Waals surface area contributed by atoms with Crippen molar-refractivity contribution in [2.24, 2.45) is 0 Å². The molecule has 2 aromatic heterocycles. The number of ether oxygens (including phenoxy) is 3. The van der Waals surface area contributed by atoms with Crippen LogP contribution in [0.2, 0.25) is 0 Å². The molecule has 2 N–H and O–H groups in total. The third kappa shape index (κ3) is 23.1. The van der Waals surface area contributed by atoms with Crippen LogP contribution in [0, 0.1) is 18.4 Å². The monoisotopic (exact) mass is 914 g/mol. The first-order valence-electron chi connectivity index (χ1n) is 23.8. The first-order chi connectivity index (χ1) is 32.8. The lowest BCUT2D eigenvalue weighted by Crippen LogP contribution is -2.45. The van der Waals surface area contributed by atoms with E-state index in [1.807, 2.05) is 24.3 Å². The van der Waals surface area contributed by atoms with Crippen molar-refractivity contribution in [1.82, 2.24) is 19.5 Å². The predicted octanol–water partition coefficient (Wildman–Crippen LogP) is 13.2. The van der Waals surface area contributed by atoms with Crippen molar-refractivity contribution in [1.29, 1.82) is 0 Å². The van der Waals surface area contributed by atoms with Crippen LogP contribution in [0.1, 0.15) is 129 Å². The maximum atomic E-state index is 14.2. The van der Waals surface area contributed by atoms with Gasteiger partial charge in [0.2, 0.25) is 5.60 Å². The molecule has 3 rings (SSSR count). The molecule has 1 fully saturated rings. The molecule has 0 spiro atoms. The Morgan fingerprint density at radius 3 is 1.51 bits per heavy atom. The number of nitrogen functional groups attached to an aromatic ring is 1. The Balaban J connectivity index is 1.44. The molecule has 0 aromatic carbocycles. The second kappa shape index (κ2) is 34.9. The number of aromatic nitrogens is 4. The summed E-state index contributed by atoms with van der Waals surface area (Å²) < 4.78 is 33.6. The summed E-state index contributed by atoms with van der Waals surface area (Å²) in [5, 5.41) is 0. The smallest absolute Gasteiger partial charge is 0.312 e. The molecule has 1 saturated heterocycles. The van der Waals surface area contributed by atoms with Gasteiger partial charge in [-0.25, -0.2) is 4.98 Å². The number of hydrogen-bond donors (Lipinski definition) is 1. The first-order valence-corrected chi connectivity index (χ1v) is 23.8. The highest BCUT2D eigenvalue weighted by Gasteiger charge is 2.52. The van der Waals surface area contributed by atoms with Gasteiger partial charge in [-0.05, 0) is 89.9 Å². The molecule has 0 unspecified atom stereocenters. The molecule has 10 nitrogen and oxygen atoms in total. The topological polar surface area (TPSA) is 131 Å². The molecular formula is C56H72FN5O5. The fourth-order valence-electron chi connectivity index (χ4n) is 6.63. The van der Waals surface area contributed by atoms with Gasteiger partial charge in [-0.3, -0.25) is 14.2 Å². The zero-order valence-corrected chi connectivity index (χ0v) is 39.7. The zero-order chi connectivity index (χ0) is 48.1. The van der Waals surface area contributed by atoms with Gasteiger partial charge in [0.25, 0.3) is 0 Å². The summed E-state index contributed by atoms with van der Waals surface area (Å²) in [6, 6.07) is 0. The van der Waals surface area contributed by atoms with Crippen molar-refractivity contribution in [3.05, 3.63) is 158 Å². The quantitative estimate of drug-likeness (QED) is 0.0330. The second-order valence-corrected chi connectivity index (χ2v) is 15.6. The zero-order valence-electron chi connectivity index (χ0n) is 39.7. The fraction of sp³-hybridized carbons (Fsp3) is 0.411. The Morgan fingerprint density at radius 2 is 1.09 bits per heavy atom. The normalized spacial score (nSPS) is 18.5. The van der Waals surface area contributed by atoms with E-state index in [-0.39, 0.29) is 42.9 Å². The van der Waals surface area contributed by atoms with Crippen LogP contribution >= 0.6 is 0 Å². The van der Waals surface area contributed by atoms with Gasteiger partial charge in [-0.2, -0.15) is 14.4 Å². The molecule has 1 aliphatic heterocycles. The van der Waals surface area contributed by atoms with Crippen LogP contribution in [-0.4, -0.2) is 49.8 Å². The Hall–Kier alpha value is -6.38. The van der Waals surface area contributed by atoms with E-state index in [0.29, 0.717) is 12.8 Å². The minimum absolute atomic E-state index is 0.0585. The highest BCUT2D eigenvalue weighted by molar-refractivity contribution is 5.81. The highest BCUT2D eigenvalue weighted by Crippen LogP contribution is 2.40. The van der Waals surface area contributed by atoms with E-state index in [1.54, 1.807) is 0 Å². The van der Waals surface area contributed by atoms with Crippen molar-refractivity contribution in [3.63, 3.8) is 0 Å². The summed E-state index contributed by atoms with van der Waals surface area (Å²) in [4.78, 5) is 37.7. The average molecular weight is 914 g/mol. The number of esters is 2. The number of carbonyl (C=O) groups excluding carboxylic acids is 2. The minimum atomic E-state index is -1.63. The molecule has 3 heterocycles. The number of terminal acetylenes is 1. The van der Waals surface area contributed by atoms with E-state index < -0.39 is 35.9 Å². The van der Waals surface area contributed by atoms with Gasteiger partial charge in [0.15, 0.2) is 17.0 Å². The summed E-state index contributed by atoms with van der Waals surface area (Å²) in [6.45, 7) is 3.90. The molecule has 358 valence electrons. The van der Waals surface area contributed by atoms with Crippen molar-refractivity contribution >= 4 is 28.9 Å². The van der Waals surface area contributed by atoms with Gasteiger partial charge in [0.05, 0.1) is 6.33 Å². The van der Waals surface area contributed by atoms with Crippen molar-refractivity contribution in [3.8, 4) is 12.3 Å². The maximum Gasteiger partial charge on any atom is 0.312 e. The number of imidazole rings is 1. The van der Waals surface area contributed by atoms with Gasteiger partial charge in [-0.1, -0.05) is 166 Å². The molecule has 0 amide bonds. The largest absolute Gasteiger partial charge is 0.461 e.